The molecule has 0 amide bonds. The van der Waals surface area contributed by atoms with Crippen LogP contribution in [0.3, 0.4) is 0 Å². The van der Waals surface area contributed by atoms with Crippen LogP contribution in [0.2, 0.25) is 0 Å². The van der Waals surface area contributed by atoms with E-state index in [1.165, 1.54) is 10.6 Å². The van der Waals surface area contributed by atoms with Crippen LogP contribution in [-0.4, -0.2) is 32.1 Å². The van der Waals surface area contributed by atoms with E-state index in [9.17, 15) is 0 Å². The van der Waals surface area contributed by atoms with E-state index in [-0.39, 0.29) is 5.79 Å². The molecule has 2 saturated heterocycles. The van der Waals surface area contributed by atoms with Crippen molar-refractivity contribution in [3.63, 3.8) is 0 Å². The minimum Gasteiger partial charge on any atom is -0.397 e. The van der Waals surface area contributed by atoms with Crippen molar-refractivity contribution in [1.29, 1.82) is 0 Å². The summed E-state index contributed by atoms with van der Waals surface area (Å²) >= 11 is 1.69. The third kappa shape index (κ3) is 3.56. The first-order chi connectivity index (χ1) is 12.1. The lowest BCUT2D eigenvalue weighted by atomic mass is 10.0. The van der Waals surface area contributed by atoms with Crippen LogP contribution in [0.15, 0.2) is 52.3 Å². The molecule has 0 aromatic heterocycles. The van der Waals surface area contributed by atoms with E-state index in [1.54, 1.807) is 11.8 Å². The smallest absolute Gasteiger partial charge is 0.171 e. The number of hydrogen-bond acceptors (Lipinski definition) is 6. The first-order valence-corrected chi connectivity index (χ1v) is 9.41. The molecule has 132 valence electrons. The van der Waals surface area contributed by atoms with Gasteiger partial charge in [-0.25, -0.2) is 0 Å². The molecule has 2 aliphatic heterocycles. The molecule has 4 rings (SSSR count). The Morgan fingerprint density at radius 3 is 2.12 bits per heavy atom. The Kier molecular flexibility index (Phi) is 4.50. The van der Waals surface area contributed by atoms with E-state index in [1.807, 2.05) is 18.2 Å². The summed E-state index contributed by atoms with van der Waals surface area (Å²) in [5.41, 5.74) is 14.1. The lowest BCUT2D eigenvalue weighted by Gasteiger charge is -2.38. The molecule has 5 nitrogen and oxygen atoms in total. The zero-order valence-corrected chi connectivity index (χ0v) is 14.9. The fourth-order valence-electron chi connectivity index (χ4n) is 3.37. The largest absolute Gasteiger partial charge is 0.397 e. The van der Waals surface area contributed by atoms with E-state index in [0.29, 0.717) is 11.4 Å². The molecule has 0 atom stereocenters. The molecule has 6 heteroatoms. The molecule has 0 radical (unpaired) electrons. The molecule has 2 heterocycles. The third-order valence-corrected chi connectivity index (χ3v) is 5.83. The van der Waals surface area contributed by atoms with Crippen molar-refractivity contribution < 1.29 is 9.47 Å². The van der Waals surface area contributed by atoms with Gasteiger partial charge in [0.2, 0.25) is 0 Å². The van der Waals surface area contributed by atoms with Crippen LogP contribution in [0.25, 0.3) is 0 Å². The van der Waals surface area contributed by atoms with Crippen LogP contribution >= 0.6 is 11.8 Å². The number of nitrogen functional groups attached to an aromatic ring is 2. The Balaban J connectivity index is 1.39. The number of hydrogen-bond donors (Lipinski definition) is 2. The van der Waals surface area contributed by atoms with Gasteiger partial charge in [-0.05, 0) is 42.5 Å². The minimum absolute atomic E-state index is 0.318. The van der Waals surface area contributed by atoms with Gasteiger partial charge >= 0.3 is 0 Å². The second-order valence-corrected chi connectivity index (χ2v) is 7.63. The van der Waals surface area contributed by atoms with Crippen molar-refractivity contribution in [2.45, 2.75) is 28.4 Å². The molecule has 0 aliphatic carbocycles. The summed E-state index contributed by atoms with van der Waals surface area (Å²) in [5, 5.41) is 0. The van der Waals surface area contributed by atoms with Gasteiger partial charge in [0.25, 0.3) is 0 Å². The van der Waals surface area contributed by atoms with Crippen LogP contribution in [-0.2, 0) is 9.47 Å². The molecular weight excluding hydrogens is 334 g/mol. The van der Waals surface area contributed by atoms with E-state index in [2.05, 4.69) is 29.2 Å². The summed E-state index contributed by atoms with van der Waals surface area (Å²) in [5.74, 6) is -0.318. The second-order valence-electron chi connectivity index (χ2n) is 6.48. The van der Waals surface area contributed by atoms with Gasteiger partial charge in [-0.2, -0.15) is 0 Å². The van der Waals surface area contributed by atoms with E-state index >= 15 is 0 Å². The molecule has 2 aromatic carbocycles. The van der Waals surface area contributed by atoms with Gasteiger partial charge in [0.1, 0.15) is 0 Å². The quantitative estimate of drug-likeness (QED) is 0.821. The van der Waals surface area contributed by atoms with E-state index in [4.69, 9.17) is 20.9 Å². The normalized spacial score (nSPS) is 19.4. The Labute approximate surface area is 152 Å². The molecule has 2 fully saturated rings. The van der Waals surface area contributed by atoms with Crippen molar-refractivity contribution in [2.24, 2.45) is 0 Å². The maximum Gasteiger partial charge on any atom is 0.171 e. The SMILES string of the molecule is Nc1ccc(Sc2ccc(N3CCC4(CC3)OCCO4)cc2)cc1N. The number of anilines is 3. The van der Waals surface area contributed by atoms with Crippen molar-refractivity contribution in [3.05, 3.63) is 42.5 Å². The van der Waals surface area contributed by atoms with Gasteiger partial charge < -0.3 is 25.8 Å². The average Bonchev–Trinajstić information content (AvgIpc) is 3.08. The fourth-order valence-corrected chi connectivity index (χ4v) is 4.24. The zero-order chi connectivity index (χ0) is 17.3. The monoisotopic (exact) mass is 357 g/mol. The standard InChI is InChI=1S/C19H23N3O2S/c20-17-6-5-16(13-18(17)21)25-15-3-1-14(2-4-15)22-9-7-19(8-10-22)23-11-12-24-19/h1-6,13H,7-12,20-21H2. The van der Waals surface area contributed by atoms with Gasteiger partial charge in [-0.15, -0.1) is 0 Å². The van der Waals surface area contributed by atoms with Crippen molar-refractivity contribution in [2.75, 3.05) is 42.7 Å². The highest BCUT2D eigenvalue weighted by Crippen LogP contribution is 2.35. The Hall–Kier alpha value is -1.89. The van der Waals surface area contributed by atoms with E-state index < -0.39 is 0 Å². The maximum absolute atomic E-state index is 5.88. The summed E-state index contributed by atoms with van der Waals surface area (Å²) < 4.78 is 11.6. The fraction of sp³-hybridized carbons (Fsp3) is 0.368. The average molecular weight is 357 g/mol. The van der Waals surface area contributed by atoms with Crippen molar-refractivity contribution in [3.8, 4) is 0 Å². The highest BCUT2D eigenvalue weighted by Gasteiger charge is 2.39. The van der Waals surface area contributed by atoms with Gasteiger partial charge in [0.05, 0.1) is 24.6 Å². The Morgan fingerprint density at radius 2 is 1.48 bits per heavy atom. The highest BCUT2D eigenvalue weighted by molar-refractivity contribution is 7.99. The molecule has 1 spiro atoms. The maximum atomic E-state index is 5.88. The summed E-state index contributed by atoms with van der Waals surface area (Å²) in [6, 6.07) is 14.4. The number of ether oxygens (including phenoxy) is 2. The summed E-state index contributed by atoms with van der Waals surface area (Å²) in [4.78, 5) is 4.67. The molecule has 4 N–H and O–H groups in total. The van der Waals surface area contributed by atoms with Crippen LogP contribution in [0, 0.1) is 0 Å². The summed E-state index contributed by atoms with van der Waals surface area (Å²) in [7, 11) is 0. The molecule has 0 unspecified atom stereocenters. The first-order valence-electron chi connectivity index (χ1n) is 8.59. The van der Waals surface area contributed by atoms with Gasteiger partial charge in [0.15, 0.2) is 5.79 Å². The summed E-state index contributed by atoms with van der Waals surface area (Å²) in [6.45, 7) is 3.37. The molecule has 0 bridgehead atoms. The van der Waals surface area contributed by atoms with Crippen LogP contribution in [0.5, 0.6) is 0 Å². The molecular formula is C19H23N3O2S. The third-order valence-electron chi connectivity index (χ3n) is 4.83. The molecule has 2 aliphatic rings. The van der Waals surface area contributed by atoms with Crippen LogP contribution in [0.4, 0.5) is 17.1 Å². The lowest BCUT2D eigenvalue weighted by Crippen LogP contribution is -2.45. The Morgan fingerprint density at radius 1 is 0.840 bits per heavy atom. The second kappa shape index (κ2) is 6.78. The predicted molar refractivity (Wildman–Crippen MR) is 102 cm³/mol. The van der Waals surface area contributed by atoms with Crippen LogP contribution < -0.4 is 16.4 Å². The van der Waals surface area contributed by atoms with Crippen molar-refractivity contribution >= 4 is 28.8 Å². The Bertz CT molecular complexity index is 735. The van der Waals surface area contributed by atoms with Crippen LogP contribution in [0.1, 0.15) is 12.8 Å². The predicted octanol–water partition coefficient (Wildman–Crippen LogP) is 3.35. The van der Waals surface area contributed by atoms with Crippen molar-refractivity contribution in [1.82, 2.24) is 0 Å². The van der Waals surface area contributed by atoms with Gasteiger partial charge in [-0.1, -0.05) is 11.8 Å². The topological polar surface area (TPSA) is 73.7 Å². The van der Waals surface area contributed by atoms with Gasteiger partial charge in [-0.3, -0.25) is 0 Å². The zero-order valence-electron chi connectivity index (χ0n) is 14.1. The number of piperidine rings is 1. The van der Waals surface area contributed by atoms with Gasteiger partial charge in [0, 0.05) is 41.4 Å². The molecule has 25 heavy (non-hydrogen) atoms. The first kappa shape index (κ1) is 16.6. The molecule has 2 aromatic rings. The number of benzene rings is 2. The molecule has 0 saturated carbocycles. The minimum atomic E-state index is -0.318. The highest BCUT2D eigenvalue weighted by atomic mass is 32.2. The lowest BCUT2D eigenvalue weighted by molar-refractivity contribution is -0.169. The number of nitrogens with zero attached hydrogens (tertiary/aromatic N) is 1. The van der Waals surface area contributed by atoms with E-state index in [0.717, 1.165) is 44.0 Å². The number of rotatable bonds is 3. The summed E-state index contributed by atoms with van der Waals surface area (Å²) in [6.07, 6.45) is 1.85. The number of nitrogens with two attached hydrogens (primary N) is 2.